The van der Waals surface area contributed by atoms with Crippen LogP contribution in [0.4, 0.5) is 0 Å². The predicted molar refractivity (Wildman–Crippen MR) is 96.7 cm³/mol. The zero-order chi connectivity index (χ0) is 15.4. The molecule has 3 nitrogen and oxygen atoms in total. The van der Waals surface area contributed by atoms with Crippen LogP contribution >= 0.6 is 11.8 Å². The summed E-state index contributed by atoms with van der Waals surface area (Å²) in [5.74, 6) is 2.45. The van der Waals surface area contributed by atoms with Gasteiger partial charge in [0.2, 0.25) is 0 Å². The lowest BCUT2D eigenvalue weighted by atomic mass is 9.99. The van der Waals surface area contributed by atoms with Gasteiger partial charge in [-0.3, -0.25) is 4.90 Å². The average molecular weight is 320 g/mol. The van der Waals surface area contributed by atoms with Crippen LogP contribution in [0.3, 0.4) is 0 Å². The number of hydrogen-bond donors (Lipinski definition) is 1. The lowest BCUT2D eigenvalue weighted by molar-refractivity contribution is 0.142. The minimum atomic E-state index is 0.506. The fourth-order valence-corrected chi connectivity index (χ4v) is 4.57. The molecule has 1 aromatic rings. The number of likely N-dealkylation sites (N-methyl/N-ethyl adjacent to an activating group) is 1. The third kappa shape index (κ3) is 4.25. The fourth-order valence-electron chi connectivity index (χ4n) is 3.53. The summed E-state index contributed by atoms with van der Waals surface area (Å²) >= 11 is 2.09. The number of piperazine rings is 1. The minimum absolute atomic E-state index is 0.506. The van der Waals surface area contributed by atoms with E-state index in [2.05, 4.69) is 65.1 Å². The van der Waals surface area contributed by atoms with Crippen molar-refractivity contribution in [3.8, 4) is 0 Å². The minimum Gasteiger partial charge on any atom is -0.305 e. The van der Waals surface area contributed by atoms with Gasteiger partial charge in [0.15, 0.2) is 0 Å². The summed E-state index contributed by atoms with van der Waals surface area (Å²) in [5, 5.41) is 3.90. The van der Waals surface area contributed by atoms with Gasteiger partial charge in [-0.2, -0.15) is 11.8 Å². The van der Waals surface area contributed by atoms with Gasteiger partial charge in [0.1, 0.15) is 0 Å². The van der Waals surface area contributed by atoms with Crippen molar-refractivity contribution < 1.29 is 0 Å². The van der Waals surface area contributed by atoms with Gasteiger partial charge in [-0.15, -0.1) is 0 Å². The van der Waals surface area contributed by atoms with Crippen molar-refractivity contribution in [2.45, 2.75) is 25.4 Å². The smallest absolute Gasteiger partial charge is 0.0417 e. The van der Waals surface area contributed by atoms with Crippen LogP contribution in [-0.2, 0) is 6.42 Å². The quantitative estimate of drug-likeness (QED) is 0.917. The first kappa shape index (κ1) is 16.3. The molecule has 122 valence electrons. The van der Waals surface area contributed by atoms with Gasteiger partial charge >= 0.3 is 0 Å². The Morgan fingerprint density at radius 2 is 2.00 bits per heavy atom. The topological polar surface area (TPSA) is 18.5 Å². The van der Waals surface area contributed by atoms with E-state index in [1.807, 2.05) is 0 Å². The van der Waals surface area contributed by atoms with Gasteiger partial charge in [-0.05, 0) is 37.3 Å². The number of nitrogens with one attached hydrogen (secondary N) is 1. The summed E-state index contributed by atoms with van der Waals surface area (Å²) in [7, 11) is 2.22. The van der Waals surface area contributed by atoms with Crippen LogP contribution in [0.2, 0.25) is 0 Å². The molecule has 2 heterocycles. The predicted octanol–water partition coefficient (Wildman–Crippen LogP) is 2.24. The first-order valence-corrected chi connectivity index (χ1v) is 9.70. The molecule has 1 aromatic carbocycles. The first-order valence-electron chi connectivity index (χ1n) is 8.55. The van der Waals surface area contributed by atoms with E-state index in [9.17, 15) is 0 Å². The van der Waals surface area contributed by atoms with Gasteiger partial charge in [-0.25, -0.2) is 0 Å². The maximum atomic E-state index is 3.90. The van der Waals surface area contributed by atoms with Gasteiger partial charge in [0.25, 0.3) is 0 Å². The summed E-state index contributed by atoms with van der Waals surface area (Å²) in [6.45, 7) is 8.33. The second-order valence-corrected chi connectivity index (χ2v) is 7.90. The van der Waals surface area contributed by atoms with E-state index in [1.54, 1.807) is 0 Å². The fraction of sp³-hybridized carbons (Fsp3) is 0.667. The van der Waals surface area contributed by atoms with E-state index in [4.69, 9.17) is 0 Å². The van der Waals surface area contributed by atoms with Crippen molar-refractivity contribution in [3.05, 3.63) is 35.4 Å². The Hall–Kier alpha value is -0.550. The maximum absolute atomic E-state index is 3.90. The summed E-state index contributed by atoms with van der Waals surface area (Å²) in [5.41, 5.74) is 3.06. The molecule has 1 fully saturated rings. The van der Waals surface area contributed by atoms with Gasteiger partial charge in [0.05, 0.1) is 0 Å². The van der Waals surface area contributed by atoms with Crippen molar-refractivity contribution in [2.24, 2.45) is 0 Å². The van der Waals surface area contributed by atoms with Gasteiger partial charge < -0.3 is 10.2 Å². The zero-order valence-corrected chi connectivity index (χ0v) is 14.7. The summed E-state index contributed by atoms with van der Waals surface area (Å²) in [6, 6.07) is 10.0. The number of hydrogen-bond acceptors (Lipinski definition) is 4. The molecule has 0 radical (unpaired) electrons. The Morgan fingerprint density at radius 1 is 1.23 bits per heavy atom. The zero-order valence-electron chi connectivity index (χ0n) is 13.9. The SMILES string of the molecule is CC(CN1CCN(C)CC1)NC1CSCCc2ccccc21. The third-order valence-corrected chi connectivity index (χ3v) is 5.91. The molecule has 0 aliphatic carbocycles. The molecular weight excluding hydrogens is 290 g/mol. The van der Waals surface area contributed by atoms with E-state index >= 15 is 0 Å². The second-order valence-electron chi connectivity index (χ2n) is 6.75. The van der Waals surface area contributed by atoms with Crippen LogP contribution in [0.25, 0.3) is 0 Å². The molecular formula is C18H29N3S. The maximum Gasteiger partial charge on any atom is 0.0417 e. The van der Waals surface area contributed by atoms with Crippen molar-refractivity contribution in [1.82, 2.24) is 15.1 Å². The normalized spacial score (nSPS) is 25.5. The lowest BCUT2D eigenvalue weighted by Gasteiger charge is -2.35. The molecule has 2 aliphatic rings. The molecule has 1 saturated heterocycles. The van der Waals surface area contributed by atoms with Crippen LogP contribution in [0.15, 0.2) is 24.3 Å². The summed E-state index contributed by atoms with van der Waals surface area (Å²) in [6.07, 6.45) is 1.21. The Balaban J connectivity index is 1.58. The Kier molecular flexibility index (Phi) is 5.80. The number of aryl methyl sites for hydroxylation is 1. The molecule has 2 aliphatic heterocycles. The van der Waals surface area contributed by atoms with Crippen molar-refractivity contribution in [1.29, 1.82) is 0 Å². The summed E-state index contributed by atoms with van der Waals surface area (Å²) in [4.78, 5) is 5.03. The molecule has 0 spiro atoms. The highest BCUT2D eigenvalue weighted by Crippen LogP contribution is 2.27. The monoisotopic (exact) mass is 319 g/mol. The van der Waals surface area contributed by atoms with Crippen LogP contribution in [0.1, 0.15) is 24.1 Å². The highest BCUT2D eigenvalue weighted by Gasteiger charge is 2.22. The number of benzene rings is 1. The van der Waals surface area contributed by atoms with Crippen molar-refractivity contribution >= 4 is 11.8 Å². The standard InChI is InChI=1S/C18H29N3S/c1-15(13-21-10-8-20(2)9-11-21)19-18-14-22-12-7-16-5-3-4-6-17(16)18/h3-6,15,18-19H,7-14H2,1-2H3. The number of fused-ring (bicyclic) bond motifs is 1. The number of nitrogens with zero attached hydrogens (tertiary/aromatic N) is 2. The molecule has 3 rings (SSSR count). The van der Waals surface area contributed by atoms with Crippen molar-refractivity contribution in [3.63, 3.8) is 0 Å². The summed E-state index contributed by atoms with van der Waals surface area (Å²) < 4.78 is 0. The van der Waals surface area contributed by atoms with E-state index in [1.165, 1.54) is 55.2 Å². The van der Waals surface area contributed by atoms with Gasteiger partial charge in [0, 0.05) is 50.6 Å². The van der Waals surface area contributed by atoms with Crippen LogP contribution in [0, 0.1) is 0 Å². The Bertz CT molecular complexity index is 471. The molecule has 0 aromatic heterocycles. The highest BCUT2D eigenvalue weighted by atomic mass is 32.2. The van der Waals surface area contributed by atoms with Crippen molar-refractivity contribution in [2.75, 3.05) is 51.3 Å². The molecule has 0 amide bonds. The molecule has 0 saturated carbocycles. The number of rotatable bonds is 4. The van der Waals surface area contributed by atoms with E-state index in [-0.39, 0.29) is 0 Å². The highest BCUT2D eigenvalue weighted by molar-refractivity contribution is 7.99. The van der Waals surface area contributed by atoms with E-state index in [0.29, 0.717) is 12.1 Å². The van der Waals surface area contributed by atoms with Gasteiger partial charge in [-0.1, -0.05) is 24.3 Å². The molecule has 2 unspecified atom stereocenters. The molecule has 1 N–H and O–H groups in total. The van der Waals surface area contributed by atoms with Crippen LogP contribution in [0.5, 0.6) is 0 Å². The molecule has 4 heteroatoms. The Morgan fingerprint density at radius 3 is 2.82 bits per heavy atom. The average Bonchev–Trinajstić information content (AvgIpc) is 2.72. The molecule has 22 heavy (non-hydrogen) atoms. The largest absolute Gasteiger partial charge is 0.305 e. The lowest BCUT2D eigenvalue weighted by Crippen LogP contribution is -2.49. The molecule has 2 atom stereocenters. The Labute approximate surface area is 139 Å². The van der Waals surface area contributed by atoms with E-state index < -0.39 is 0 Å². The van der Waals surface area contributed by atoms with E-state index in [0.717, 1.165) is 6.54 Å². The third-order valence-electron chi connectivity index (χ3n) is 4.84. The first-order chi connectivity index (χ1) is 10.7. The second kappa shape index (κ2) is 7.82. The van der Waals surface area contributed by atoms with Crippen LogP contribution in [-0.4, -0.2) is 67.1 Å². The molecule has 0 bridgehead atoms. The number of thioether (sulfide) groups is 1. The van der Waals surface area contributed by atoms with Crippen LogP contribution < -0.4 is 5.32 Å².